The van der Waals surface area contributed by atoms with E-state index >= 15 is 0 Å². The van der Waals surface area contributed by atoms with Crippen molar-refractivity contribution in [2.75, 3.05) is 12.3 Å². The van der Waals surface area contributed by atoms with Crippen LogP contribution in [0.25, 0.3) is 10.9 Å². The largest absolute Gasteiger partial charge is 0.460 e. The van der Waals surface area contributed by atoms with Gasteiger partial charge in [0.2, 0.25) is 0 Å². The summed E-state index contributed by atoms with van der Waals surface area (Å²) in [5, 5.41) is 3.63. The Labute approximate surface area is 175 Å². The molecule has 0 unspecified atom stereocenters. The van der Waals surface area contributed by atoms with Gasteiger partial charge in [-0.15, -0.1) is 0 Å². The fourth-order valence-corrected chi connectivity index (χ4v) is 2.79. The first-order valence-electron chi connectivity index (χ1n) is 9.64. The summed E-state index contributed by atoms with van der Waals surface area (Å²) in [7, 11) is 0. The average Bonchev–Trinajstić information content (AvgIpc) is 2.67. The summed E-state index contributed by atoms with van der Waals surface area (Å²) in [5.41, 5.74) is 6.38. The van der Waals surface area contributed by atoms with Crippen LogP contribution in [0.3, 0.4) is 0 Å². The van der Waals surface area contributed by atoms with Gasteiger partial charge in [-0.1, -0.05) is 12.1 Å². The lowest BCUT2D eigenvalue weighted by Crippen LogP contribution is -2.29. The second-order valence-electron chi connectivity index (χ2n) is 7.78. The number of esters is 1. The minimum Gasteiger partial charge on any atom is -0.460 e. The number of nitrogens with zero attached hydrogens (tertiary/aromatic N) is 1. The Balaban J connectivity index is 1.59. The number of benzene rings is 2. The summed E-state index contributed by atoms with van der Waals surface area (Å²) < 4.78 is 11.1. The van der Waals surface area contributed by atoms with E-state index in [4.69, 9.17) is 15.2 Å². The number of nitrogens with one attached hydrogen (secondary N) is 1. The summed E-state index contributed by atoms with van der Waals surface area (Å²) in [4.78, 5) is 28.3. The van der Waals surface area contributed by atoms with Crippen LogP contribution in [0.5, 0.6) is 11.5 Å². The summed E-state index contributed by atoms with van der Waals surface area (Å²) >= 11 is 0. The van der Waals surface area contributed by atoms with Crippen LogP contribution in [-0.4, -0.2) is 29.0 Å². The van der Waals surface area contributed by atoms with Gasteiger partial charge in [0.05, 0.1) is 6.42 Å². The Morgan fingerprint density at radius 1 is 1.03 bits per heavy atom. The summed E-state index contributed by atoms with van der Waals surface area (Å²) in [6, 6.07) is 16.0. The number of nitrogens with two attached hydrogens (primary N) is 1. The number of aromatic nitrogens is 1. The van der Waals surface area contributed by atoms with E-state index < -0.39 is 5.60 Å². The van der Waals surface area contributed by atoms with E-state index in [1.54, 1.807) is 51.1 Å². The van der Waals surface area contributed by atoms with Gasteiger partial charge >= 0.3 is 5.97 Å². The molecular weight excluding hydrogens is 382 g/mol. The molecule has 7 heteroatoms. The van der Waals surface area contributed by atoms with Crippen molar-refractivity contribution < 1.29 is 19.1 Å². The van der Waals surface area contributed by atoms with Gasteiger partial charge in [-0.3, -0.25) is 9.59 Å². The van der Waals surface area contributed by atoms with Crippen LogP contribution in [0.1, 0.15) is 37.6 Å². The predicted octanol–water partition coefficient (Wildman–Crippen LogP) is 4.07. The molecule has 3 aromatic rings. The van der Waals surface area contributed by atoms with Crippen LogP contribution in [0.2, 0.25) is 0 Å². The monoisotopic (exact) mass is 407 g/mol. The number of pyridine rings is 1. The smallest absolute Gasteiger partial charge is 0.308 e. The van der Waals surface area contributed by atoms with E-state index in [1.807, 2.05) is 24.3 Å². The van der Waals surface area contributed by atoms with Crippen molar-refractivity contribution in [2.24, 2.45) is 0 Å². The number of ether oxygens (including phenoxy) is 2. The highest BCUT2D eigenvalue weighted by atomic mass is 16.6. The first kappa shape index (κ1) is 21.1. The molecule has 3 rings (SSSR count). The lowest BCUT2D eigenvalue weighted by Gasteiger charge is -2.19. The highest BCUT2D eigenvalue weighted by molar-refractivity contribution is 5.94. The molecule has 156 valence electrons. The number of carbonyl (C=O) groups is 2. The Bertz CT molecular complexity index is 1060. The molecule has 0 aliphatic heterocycles. The lowest BCUT2D eigenvalue weighted by atomic mass is 10.2. The Morgan fingerprint density at radius 2 is 1.77 bits per heavy atom. The van der Waals surface area contributed by atoms with E-state index in [1.165, 1.54) is 0 Å². The molecule has 1 aromatic heterocycles. The van der Waals surface area contributed by atoms with Crippen LogP contribution in [0.4, 0.5) is 5.82 Å². The predicted molar refractivity (Wildman–Crippen MR) is 115 cm³/mol. The molecule has 0 saturated heterocycles. The number of amides is 1. The van der Waals surface area contributed by atoms with Gasteiger partial charge in [0.15, 0.2) is 5.75 Å². The molecule has 0 atom stereocenters. The Hall–Kier alpha value is -3.61. The Kier molecular flexibility index (Phi) is 6.20. The molecule has 0 radical (unpaired) electrons. The third-order valence-corrected chi connectivity index (χ3v) is 4.08. The van der Waals surface area contributed by atoms with Crippen molar-refractivity contribution >= 4 is 28.6 Å². The number of anilines is 1. The standard InChI is InChI=1S/C23H25N3O4/c1-23(2,3)30-20(27)13-14-25-22(28)16-7-10-17(11-8-16)29-18-6-4-5-15-9-12-19(24)26-21(15)18/h4-12H,13-14H2,1-3H3,(H2,24,26)(H,25,28). The van der Waals surface area contributed by atoms with Gasteiger partial charge in [-0.2, -0.15) is 0 Å². The highest BCUT2D eigenvalue weighted by Gasteiger charge is 2.16. The van der Waals surface area contributed by atoms with Crippen LogP contribution >= 0.6 is 0 Å². The molecular formula is C23H25N3O4. The van der Waals surface area contributed by atoms with E-state index in [-0.39, 0.29) is 24.8 Å². The van der Waals surface area contributed by atoms with Crippen molar-refractivity contribution in [1.29, 1.82) is 0 Å². The average molecular weight is 407 g/mol. The molecule has 1 amide bonds. The molecule has 3 N–H and O–H groups in total. The SMILES string of the molecule is CC(C)(C)OC(=O)CCNC(=O)c1ccc(Oc2cccc3ccc(N)nc23)cc1. The lowest BCUT2D eigenvalue weighted by molar-refractivity contribution is -0.154. The maximum Gasteiger partial charge on any atom is 0.308 e. The minimum atomic E-state index is -0.539. The van der Waals surface area contributed by atoms with Crippen LogP contribution < -0.4 is 15.8 Å². The number of nitrogen functional groups attached to an aromatic ring is 1. The van der Waals surface area contributed by atoms with Gasteiger partial charge < -0.3 is 20.5 Å². The quantitative estimate of drug-likeness (QED) is 0.597. The zero-order valence-corrected chi connectivity index (χ0v) is 17.3. The molecule has 0 aliphatic carbocycles. The topological polar surface area (TPSA) is 104 Å². The van der Waals surface area contributed by atoms with E-state index in [0.29, 0.717) is 28.4 Å². The summed E-state index contributed by atoms with van der Waals surface area (Å²) in [5.74, 6) is 0.934. The van der Waals surface area contributed by atoms with Crippen molar-refractivity contribution in [3.8, 4) is 11.5 Å². The fourth-order valence-electron chi connectivity index (χ4n) is 2.79. The zero-order valence-electron chi connectivity index (χ0n) is 17.3. The van der Waals surface area contributed by atoms with E-state index in [9.17, 15) is 9.59 Å². The van der Waals surface area contributed by atoms with Gasteiger partial charge in [-0.25, -0.2) is 4.98 Å². The minimum absolute atomic E-state index is 0.113. The van der Waals surface area contributed by atoms with Crippen molar-refractivity contribution in [1.82, 2.24) is 10.3 Å². The number of fused-ring (bicyclic) bond motifs is 1. The van der Waals surface area contributed by atoms with Crippen molar-refractivity contribution in [3.05, 3.63) is 60.2 Å². The Morgan fingerprint density at radius 3 is 2.47 bits per heavy atom. The first-order chi connectivity index (χ1) is 14.2. The number of hydrogen-bond donors (Lipinski definition) is 2. The van der Waals surface area contributed by atoms with E-state index in [2.05, 4.69) is 10.3 Å². The maximum atomic E-state index is 12.3. The molecule has 0 bridgehead atoms. The molecule has 0 aliphatic rings. The van der Waals surface area contributed by atoms with Crippen LogP contribution in [0, 0.1) is 0 Å². The second-order valence-corrected chi connectivity index (χ2v) is 7.78. The number of para-hydroxylation sites is 1. The fraction of sp³-hybridized carbons (Fsp3) is 0.261. The normalized spacial score (nSPS) is 11.2. The third-order valence-electron chi connectivity index (χ3n) is 4.08. The number of rotatable bonds is 6. The molecule has 0 saturated carbocycles. The van der Waals surface area contributed by atoms with E-state index in [0.717, 1.165) is 5.39 Å². The number of carbonyl (C=O) groups excluding carboxylic acids is 2. The van der Waals surface area contributed by atoms with Crippen molar-refractivity contribution in [3.63, 3.8) is 0 Å². The van der Waals surface area contributed by atoms with Gasteiger partial charge in [0.25, 0.3) is 5.91 Å². The highest BCUT2D eigenvalue weighted by Crippen LogP contribution is 2.29. The molecule has 1 heterocycles. The summed E-state index contributed by atoms with van der Waals surface area (Å²) in [6.45, 7) is 5.61. The van der Waals surface area contributed by atoms with Gasteiger partial charge in [-0.05, 0) is 63.2 Å². The van der Waals surface area contributed by atoms with Crippen LogP contribution in [0.15, 0.2) is 54.6 Å². The molecule has 2 aromatic carbocycles. The molecule has 7 nitrogen and oxygen atoms in total. The third kappa shape index (κ3) is 5.70. The van der Waals surface area contributed by atoms with Crippen LogP contribution in [-0.2, 0) is 9.53 Å². The second kappa shape index (κ2) is 8.82. The summed E-state index contributed by atoms with van der Waals surface area (Å²) in [6.07, 6.45) is 0.113. The molecule has 0 fully saturated rings. The molecule has 30 heavy (non-hydrogen) atoms. The number of hydrogen-bond acceptors (Lipinski definition) is 6. The van der Waals surface area contributed by atoms with Gasteiger partial charge in [0, 0.05) is 17.5 Å². The zero-order chi connectivity index (χ0) is 21.7. The van der Waals surface area contributed by atoms with Crippen molar-refractivity contribution in [2.45, 2.75) is 32.8 Å². The van der Waals surface area contributed by atoms with Gasteiger partial charge in [0.1, 0.15) is 22.7 Å². The maximum absolute atomic E-state index is 12.3. The molecule has 0 spiro atoms. The first-order valence-corrected chi connectivity index (χ1v) is 9.64.